The average Bonchev–Trinajstić information content (AvgIpc) is 1.87. The second-order valence-corrected chi connectivity index (χ2v) is 1.77. The Kier molecular flexibility index (Phi) is 6.02. The van der Waals surface area contributed by atoms with E-state index in [4.69, 9.17) is 9.84 Å². The molecule has 0 amide bonds. The highest BCUT2D eigenvalue weighted by atomic mass is 16.6. The van der Waals surface area contributed by atoms with Crippen LogP contribution in [-0.4, -0.2) is 30.8 Å². The van der Waals surface area contributed by atoms with Crippen molar-refractivity contribution >= 4 is 6.21 Å². The summed E-state index contributed by atoms with van der Waals surface area (Å²) in [4.78, 5) is 3.88. The van der Waals surface area contributed by atoms with Crippen LogP contribution < -0.4 is 0 Å². The van der Waals surface area contributed by atoms with Crippen LogP contribution in [0.5, 0.6) is 0 Å². The fourth-order valence-electron chi connectivity index (χ4n) is 0.384. The zero-order valence-electron chi connectivity index (χ0n) is 6.16. The van der Waals surface area contributed by atoms with Gasteiger partial charge in [0.05, 0.1) is 13.2 Å². The molecule has 0 bridgehead atoms. The molecule has 3 nitrogen and oxygen atoms in total. The third-order valence-electron chi connectivity index (χ3n) is 0.776. The van der Waals surface area contributed by atoms with Crippen molar-refractivity contribution in [1.82, 2.24) is 0 Å². The first-order valence-corrected chi connectivity index (χ1v) is 3.16. The van der Waals surface area contributed by atoms with E-state index in [2.05, 4.69) is 11.6 Å². The summed E-state index contributed by atoms with van der Waals surface area (Å²) in [5, 5.41) is 8.60. The van der Waals surface area contributed by atoms with Crippen LogP contribution in [0.25, 0.3) is 0 Å². The van der Waals surface area contributed by atoms with E-state index in [1.165, 1.54) is 0 Å². The lowest BCUT2D eigenvalue weighted by atomic mass is 10.6. The molecule has 0 aliphatic heterocycles. The first-order valence-electron chi connectivity index (χ1n) is 3.16. The van der Waals surface area contributed by atoms with E-state index in [9.17, 15) is 0 Å². The molecule has 1 N–H and O–H groups in total. The van der Waals surface area contributed by atoms with E-state index in [1.54, 1.807) is 19.2 Å². The van der Waals surface area contributed by atoms with Gasteiger partial charge in [-0.25, -0.2) is 0 Å². The Hall–Kier alpha value is -0.670. The van der Waals surface area contributed by atoms with Crippen molar-refractivity contribution in [2.24, 2.45) is 4.99 Å². The summed E-state index contributed by atoms with van der Waals surface area (Å²) in [7, 11) is 0. The molecule has 1 atom stereocenters. The van der Waals surface area contributed by atoms with E-state index in [0.717, 1.165) is 0 Å². The van der Waals surface area contributed by atoms with Crippen LogP contribution in [0.1, 0.15) is 6.92 Å². The smallest absolute Gasteiger partial charge is 0.152 e. The van der Waals surface area contributed by atoms with Crippen molar-refractivity contribution in [3.63, 3.8) is 0 Å². The van der Waals surface area contributed by atoms with E-state index >= 15 is 0 Å². The van der Waals surface area contributed by atoms with Crippen molar-refractivity contribution in [2.75, 3.05) is 13.2 Å². The van der Waals surface area contributed by atoms with Crippen LogP contribution in [0.15, 0.2) is 17.6 Å². The first-order chi connectivity index (χ1) is 4.77. The van der Waals surface area contributed by atoms with Gasteiger partial charge in [-0.2, -0.15) is 0 Å². The van der Waals surface area contributed by atoms with Gasteiger partial charge in [0, 0.05) is 6.21 Å². The van der Waals surface area contributed by atoms with Gasteiger partial charge >= 0.3 is 0 Å². The van der Waals surface area contributed by atoms with E-state index < -0.39 is 6.29 Å². The molecular weight excluding hydrogens is 130 g/mol. The predicted molar refractivity (Wildman–Crippen MR) is 41.2 cm³/mol. The van der Waals surface area contributed by atoms with E-state index in [1.807, 2.05) is 0 Å². The Bertz CT molecular complexity index is 110. The largest absolute Gasteiger partial charge is 0.368 e. The zero-order valence-corrected chi connectivity index (χ0v) is 6.16. The Morgan fingerprint density at radius 3 is 3.00 bits per heavy atom. The fraction of sp³-hybridized carbons (Fsp3) is 0.571. The Labute approximate surface area is 61.0 Å². The van der Waals surface area contributed by atoms with Gasteiger partial charge in [-0.05, 0) is 6.92 Å². The van der Waals surface area contributed by atoms with Crippen LogP contribution in [0, 0.1) is 0 Å². The number of ether oxygens (including phenoxy) is 1. The maximum absolute atomic E-state index is 8.60. The molecular formula is C7H13NO2. The van der Waals surface area contributed by atoms with Gasteiger partial charge < -0.3 is 9.84 Å². The quantitative estimate of drug-likeness (QED) is 0.348. The van der Waals surface area contributed by atoms with Gasteiger partial charge in [0.1, 0.15) is 0 Å². The lowest BCUT2D eigenvalue weighted by Gasteiger charge is -2.00. The SMILES string of the molecule is C=CCN=CCOC(C)O. The summed E-state index contributed by atoms with van der Waals surface area (Å²) in [6, 6.07) is 0. The summed E-state index contributed by atoms with van der Waals surface area (Å²) in [5.41, 5.74) is 0. The van der Waals surface area contributed by atoms with Crippen LogP contribution in [0.4, 0.5) is 0 Å². The average molecular weight is 143 g/mol. The van der Waals surface area contributed by atoms with Crippen LogP contribution in [-0.2, 0) is 4.74 Å². The summed E-state index contributed by atoms with van der Waals surface area (Å²) < 4.78 is 4.76. The standard InChI is InChI=1S/C7H13NO2/c1-3-4-8-5-6-10-7(2)9/h3,5,7,9H,1,4,6H2,2H3. The lowest BCUT2D eigenvalue weighted by Crippen LogP contribution is -2.07. The molecule has 0 aromatic rings. The molecule has 10 heavy (non-hydrogen) atoms. The number of aliphatic imine (C=N–C) groups is 1. The van der Waals surface area contributed by atoms with Crippen LogP contribution in [0.3, 0.4) is 0 Å². The monoisotopic (exact) mass is 143 g/mol. The van der Waals surface area contributed by atoms with Gasteiger partial charge in [-0.1, -0.05) is 6.08 Å². The summed E-state index contributed by atoms with van der Waals surface area (Å²) in [5.74, 6) is 0. The first kappa shape index (κ1) is 9.33. The number of nitrogens with zero attached hydrogens (tertiary/aromatic N) is 1. The summed E-state index contributed by atoms with van der Waals surface area (Å²) in [6.07, 6.45) is 2.59. The van der Waals surface area contributed by atoms with Gasteiger partial charge in [0.15, 0.2) is 6.29 Å². The molecule has 0 fully saturated rings. The van der Waals surface area contributed by atoms with Gasteiger partial charge in [0.2, 0.25) is 0 Å². The third-order valence-corrected chi connectivity index (χ3v) is 0.776. The third kappa shape index (κ3) is 7.33. The summed E-state index contributed by atoms with van der Waals surface area (Å²) in [6.45, 7) is 6.00. The number of hydrogen-bond donors (Lipinski definition) is 1. The Morgan fingerprint density at radius 1 is 1.80 bits per heavy atom. The molecule has 0 aromatic carbocycles. The minimum absolute atomic E-state index is 0.353. The maximum Gasteiger partial charge on any atom is 0.152 e. The molecule has 58 valence electrons. The highest BCUT2D eigenvalue weighted by Crippen LogP contribution is 1.80. The Morgan fingerprint density at radius 2 is 2.50 bits per heavy atom. The number of aliphatic hydroxyl groups is 1. The Balaban J connectivity index is 3.09. The van der Waals surface area contributed by atoms with Crippen molar-refractivity contribution in [1.29, 1.82) is 0 Å². The minimum atomic E-state index is -0.713. The number of aliphatic hydroxyl groups excluding tert-OH is 1. The molecule has 1 unspecified atom stereocenters. The summed E-state index contributed by atoms with van der Waals surface area (Å²) >= 11 is 0. The normalized spacial score (nSPS) is 13.8. The predicted octanol–water partition coefficient (Wildman–Crippen LogP) is 0.598. The van der Waals surface area contributed by atoms with Gasteiger partial charge in [-0.3, -0.25) is 4.99 Å². The molecule has 0 aromatic heterocycles. The molecule has 0 saturated heterocycles. The number of rotatable bonds is 5. The number of hydrogen-bond acceptors (Lipinski definition) is 3. The van der Waals surface area contributed by atoms with Crippen LogP contribution in [0.2, 0.25) is 0 Å². The second kappa shape index (κ2) is 6.45. The topological polar surface area (TPSA) is 41.8 Å². The zero-order chi connectivity index (χ0) is 7.82. The molecule has 3 heteroatoms. The fourth-order valence-corrected chi connectivity index (χ4v) is 0.384. The molecule has 0 rings (SSSR count). The van der Waals surface area contributed by atoms with Crippen molar-refractivity contribution in [2.45, 2.75) is 13.2 Å². The van der Waals surface area contributed by atoms with E-state index in [-0.39, 0.29) is 0 Å². The van der Waals surface area contributed by atoms with Gasteiger partial charge in [-0.15, -0.1) is 6.58 Å². The molecule has 0 heterocycles. The molecule has 0 aliphatic carbocycles. The highest BCUT2D eigenvalue weighted by molar-refractivity contribution is 5.58. The molecule has 0 radical (unpaired) electrons. The highest BCUT2D eigenvalue weighted by Gasteiger charge is 1.88. The minimum Gasteiger partial charge on any atom is -0.368 e. The van der Waals surface area contributed by atoms with Crippen LogP contribution >= 0.6 is 0 Å². The van der Waals surface area contributed by atoms with E-state index in [0.29, 0.717) is 13.2 Å². The lowest BCUT2D eigenvalue weighted by molar-refractivity contribution is -0.0691. The molecule has 0 spiro atoms. The van der Waals surface area contributed by atoms with Crippen molar-refractivity contribution in [3.8, 4) is 0 Å². The van der Waals surface area contributed by atoms with Crippen molar-refractivity contribution in [3.05, 3.63) is 12.7 Å². The van der Waals surface area contributed by atoms with Gasteiger partial charge in [0.25, 0.3) is 0 Å². The maximum atomic E-state index is 8.60. The van der Waals surface area contributed by atoms with Crippen molar-refractivity contribution < 1.29 is 9.84 Å². The molecule has 0 aliphatic rings. The second-order valence-electron chi connectivity index (χ2n) is 1.77. The molecule has 0 saturated carbocycles.